The number of amides is 2. The molecule has 1 unspecified atom stereocenters. The normalized spacial score (nSPS) is 16.8. The molecule has 2 aromatic rings. The van der Waals surface area contributed by atoms with Gasteiger partial charge in [-0.3, -0.25) is 4.98 Å². The number of aromatic nitrogens is 2. The molecule has 0 saturated carbocycles. The van der Waals surface area contributed by atoms with Gasteiger partial charge in [0.05, 0.1) is 22.1 Å². The predicted octanol–water partition coefficient (Wildman–Crippen LogP) is 3.69. The fourth-order valence-electron chi connectivity index (χ4n) is 2.56. The number of hydrogen-bond donors (Lipinski definition) is 0. The van der Waals surface area contributed by atoms with Crippen LogP contribution in [0.15, 0.2) is 47.2 Å². The van der Waals surface area contributed by atoms with E-state index in [0.29, 0.717) is 23.8 Å². The number of unbranched alkanes of at least 4 members (excludes halogenated alkanes) is 1. The van der Waals surface area contributed by atoms with Gasteiger partial charge in [-0.25, -0.2) is 19.5 Å². The summed E-state index contributed by atoms with van der Waals surface area (Å²) < 4.78 is 6.39. The third kappa shape index (κ3) is 4.10. The van der Waals surface area contributed by atoms with Gasteiger partial charge in [-0.05, 0) is 40.9 Å². The molecule has 2 aromatic heterocycles. The van der Waals surface area contributed by atoms with Gasteiger partial charge in [0.2, 0.25) is 6.23 Å². The Morgan fingerprint density at radius 3 is 3.00 bits per heavy atom. The van der Waals surface area contributed by atoms with E-state index in [1.807, 2.05) is 6.08 Å². The Morgan fingerprint density at radius 2 is 2.35 bits per heavy atom. The second-order valence-electron chi connectivity index (χ2n) is 5.58. The minimum Gasteiger partial charge on any atom is -0.435 e. The summed E-state index contributed by atoms with van der Waals surface area (Å²) in [5.41, 5.74) is 0.338. The van der Waals surface area contributed by atoms with Gasteiger partial charge in [-0.2, -0.15) is 0 Å². The molecule has 1 aliphatic rings. The van der Waals surface area contributed by atoms with E-state index >= 15 is 0 Å². The standard InChI is InChI=1S/C17H17BrN4O3S/c1-2-3-4-8-21-11-14(25-15(23)12-6-5-7-19-9-12)22(17(21)24)16-20-10-13(18)26-16/h2,5-7,9-10,14H,1,3-4,8,11H2. The third-order valence-electron chi connectivity index (χ3n) is 3.79. The fraction of sp³-hybridized carbons (Fsp3) is 0.294. The monoisotopic (exact) mass is 436 g/mol. The smallest absolute Gasteiger partial charge is 0.341 e. The predicted molar refractivity (Wildman–Crippen MR) is 102 cm³/mol. The number of halogens is 1. The molecule has 2 amide bonds. The molecule has 0 spiro atoms. The molecule has 1 fully saturated rings. The van der Waals surface area contributed by atoms with Crippen LogP contribution in [0.4, 0.5) is 9.93 Å². The topological polar surface area (TPSA) is 75.6 Å². The maximum atomic E-state index is 12.8. The summed E-state index contributed by atoms with van der Waals surface area (Å²) in [5.74, 6) is -0.524. The summed E-state index contributed by atoms with van der Waals surface area (Å²) >= 11 is 4.66. The summed E-state index contributed by atoms with van der Waals surface area (Å²) in [6.45, 7) is 4.55. The number of carbonyl (C=O) groups excluding carboxylic acids is 2. The number of rotatable bonds is 7. The molecular weight excluding hydrogens is 420 g/mol. The van der Waals surface area contributed by atoms with Crippen molar-refractivity contribution in [2.45, 2.75) is 19.1 Å². The van der Waals surface area contributed by atoms with Crippen molar-refractivity contribution >= 4 is 44.4 Å². The summed E-state index contributed by atoms with van der Waals surface area (Å²) in [6, 6.07) is 3.06. The molecule has 1 atom stereocenters. The number of nitrogens with zero attached hydrogens (tertiary/aromatic N) is 4. The van der Waals surface area contributed by atoms with Crippen LogP contribution in [0, 0.1) is 0 Å². The minimum absolute atomic E-state index is 0.222. The molecule has 0 radical (unpaired) electrons. The van der Waals surface area contributed by atoms with E-state index in [1.165, 1.54) is 22.4 Å². The number of esters is 1. The van der Waals surface area contributed by atoms with Gasteiger partial charge in [0, 0.05) is 18.9 Å². The summed E-state index contributed by atoms with van der Waals surface area (Å²) in [7, 11) is 0. The Kier molecular flexibility index (Phi) is 6.00. The van der Waals surface area contributed by atoms with E-state index in [9.17, 15) is 9.59 Å². The molecular formula is C17H17BrN4O3S. The molecule has 26 heavy (non-hydrogen) atoms. The van der Waals surface area contributed by atoms with Crippen molar-refractivity contribution < 1.29 is 14.3 Å². The van der Waals surface area contributed by atoms with Gasteiger partial charge >= 0.3 is 12.0 Å². The molecule has 3 heterocycles. The summed E-state index contributed by atoms with van der Waals surface area (Å²) in [6.07, 6.45) is 7.32. The number of hydrogen-bond acceptors (Lipinski definition) is 6. The zero-order valence-corrected chi connectivity index (χ0v) is 16.3. The van der Waals surface area contributed by atoms with Gasteiger partial charge in [0.1, 0.15) is 0 Å². The largest absolute Gasteiger partial charge is 0.435 e. The zero-order chi connectivity index (χ0) is 18.5. The van der Waals surface area contributed by atoms with Crippen LogP contribution in [-0.2, 0) is 4.74 Å². The second-order valence-corrected chi connectivity index (χ2v) is 7.97. The molecule has 3 rings (SSSR count). The number of thiazole rings is 1. The molecule has 0 aromatic carbocycles. The quantitative estimate of drug-likeness (QED) is 0.375. The SMILES string of the molecule is C=CCCCN1CC(OC(=O)c2cccnc2)N(c2ncc(Br)s2)C1=O. The van der Waals surface area contributed by atoms with Crippen LogP contribution in [0.2, 0.25) is 0 Å². The highest BCUT2D eigenvalue weighted by Gasteiger charge is 2.42. The van der Waals surface area contributed by atoms with Crippen LogP contribution >= 0.6 is 27.3 Å². The first kappa shape index (κ1) is 18.5. The fourth-order valence-corrected chi connectivity index (χ4v) is 3.78. The van der Waals surface area contributed by atoms with E-state index in [4.69, 9.17) is 4.74 Å². The Morgan fingerprint density at radius 1 is 1.50 bits per heavy atom. The Hall–Kier alpha value is -2.26. The zero-order valence-electron chi connectivity index (χ0n) is 13.9. The lowest BCUT2D eigenvalue weighted by atomic mass is 10.3. The number of allylic oxidation sites excluding steroid dienone is 1. The average molecular weight is 437 g/mol. The van der Waals surface area contributed by atoms with E-state index in [1.54, 1.807) is 29.4 Å². The van der Waals surface area contributed by atoms with Crippen LogP contribution in [0.25, 0.3) is 0 Å². The van der Waals surface area contributed by atoms with Crippen molar-refractivity contribution in [1.82, 2.24) is 14.9 Å². The Balaban J connectivity index is 1.79. The maximum absolute atomic E-state index is 12.8. The third-order valence-corrected chi connectivity index (χ3v) is 5.26. The first-order valence-corrected chi connectivity index (χ1v) is 9.62. The van der Waals surface area contributed by atoms with Crippen molar-refractivity contribution in [3.63, 3.8) is 0 Å². The van der Waals surface area contributed by atoms with Crippen molar-refractivity contribution in [3.05, 3.63) is 52.7 Å². The van der Waals surface area contributed by atoms with Gasteiger partial charge in [-0.15, -0.1) is 6.58 Å². The molecule has 0 bridgehead atoms. The highest BCUT2D eigenvalue weighted by Crippen LogP contribution is 2.32. The molecule has 136 valence electrons. The Labute approximate surface area is 163 Å². The molecule has 1 aliphatic heterocycles. The van der Waals surface area contributed by atoms with Crippen molar-refractivity contribution in [3.8, 4) is 0 Å². The average Bonchev–Trinajstić information content (AvgIpc) is 3.19. The lowest BCUT2D eigenvalue weighted by molar-refractivity contribution is 0.0325. The van der Waals surface area contributed by atoms with Crippen LogP contribution in [0.1, 0.15) is 23.2 Å². The van der Waals surface area contributed by atoms with Crippen molar-refractivity contribution in [1.29, 1.82) is 0 Å². The lowest BCUT2D eigenvalue weighted by Crippen LogP contribution is -2.37. The second kappa shape index (κ2) is 8.41. The summed E-state index contributed by atoms with van der Waals surface area (Å²) in [5, 5.41) is 0.483. The van der Waals surface area contributed by atoms with Gasteiger partial charge in [-0.1, -0.05) is 17.4 Å². The number of urea groups is 1. The first-order valence-electron chi connectivity index (χ1n) is 8.01. The number of ether oxygens (including phenoxy) is 1. The van der Waals surface area contributed by atoms with E-state index in [2.05, 4.69) is 32.5 Å². The van der Waals surface area contributed by atoms with Crippen molar-refractivity contribution in [2.75, 3.05) is 18.0 Å². The van der Waals surface area contributed by atoms with Gasteiger partial charge < -0.3 is 9.64 Å². The van der Waals surface area contributed by atoms with Crippen molar-refractivity contribution in [2.24, 2.45) is 0 Å². The van der Waals surface area contributed by atoms with Gasteiger partial charge in [0.25, 0.3) is 0 Å². The number of anilines is 1. The number of pyridine rings is 1. The van der Waals surface area contributed by atoms with Gasteiger partial charge in [0.15, 0.2) is 5.13 Å². The van der Waals surface area contributed by atoms with Crippen LogP contribution in [-0.4, -0.2) is 46.2 Å². The maximum Gasteiger partial charge on any atom is 0.341 e. The molecule has 9 heteroatoms. The van der Waals surface area contributed by atoms with E-state index in [0.717, 1.165) is 16.6 Å². The van der Waals surface area contributed by atoms with E-state index in [-0.39, 0.29) is 6.03 Å². The first-order chi connectivity index (χ1) is 12.6. The lowest BCUT2D eigenvalue weighted by Gasteiger charge is -2.20. The molecule has 0 N–H and O–H groups in total. The molecule has 1 saturated heterocycles. The number of carbonyl (C=O) groups is 2. The minimum atomic E-state index is -0.739. The van der Waals surface area contributed by atoms with E-state index < -0.39 is 12.2 Å². The van der Waals surface area contributed by atoms with Crippen LogP contribution in [0.3, 0.4) is 0 Å². The summed E-state index contributed by atoms with van der Waals surface area (Å²) in [4.78, 5) is 36.5. The Bertz CT molecular complexity index is 798. The highest BCUT2D eigenvalue weighted by molar-refractivity contribution is 9.11. The molecule has 0 aliphatic carbocycles. The molecule has 7 nitrogen and oxygen atoms in total. The van der Waals surface area contributed by atoms with Crippen LogP contribution in [0.5, 0.6) is 0 Å². The highest BCUT2D eigenvalue weighted by atomic mass is 79.9. The van der Waals surface area contributed by atoms with Crippen LogP contribution < -0.4 is 4.90 Å².